The van der Waals surface area contributed by atoms with E-state index in [9.17, 15) is 13.2 Å². The van der Waals surface area contributed by atoms with Gasteiger partial charge >= 0.3 is 0 Å². The van der Waals surface area contributed by atoms with E-state index in [1.165, 1.54) is 24.3 Å². The Morgan fingerprint density at radius 1 is 1.00 bits per heavy atom. The lowest BCUT2D eigenvalue weighted by Crippen LogP contribution is -2.01. The van der Waals surface area contributed by atoms with Crippen LogP contribution in [0.15, 0.2) is 54.7 Å². The van der Waals surface area contributed by atoms with Crippen LogP contribution in [0.4, 0.5) is 13.2 Å². The van der Waals surface area contributed by atoms with Crippen molar-refractivity contribution in [2.75, 3.05) is 0 Å². The molecule has 3 heterocycles. The monoisotopic (exact) mass is 393 g/mol. The molecule has 0 saturated carbocycles. The van der Waals surface area contributed by atoms with E-state index in [1.807, 2.05) is 19.1 Å². The summed E-state index contributed by atoms with van der Waals surface area (Å²) in [6.07, 6.45) is -1.00. The summed E-state index contributed by atoms with van der Waals surface area (Å²) >= 11 is 0. The maximum atomic E-state index is 13.4. The zero-order valence-corrected chi connectivity index (χ0v) is 15.2. The summed E-state index contributed by atoms with van der Waals surface area (Å²) in [5, 5.41) is 7.88. The third kappa shape index (κ3) is 2.84. The van der Waals surface area contributed by atoms with Gasteiger partial charge in [0.2, 0.25) is 0 Å². The Bertz CT molecular complexity index is 1350. The van der Waals surface area contributed by atoms with Crippen molar-refractivity contribution in [3.8, 4) is 17.1 Å². The molecule has 0 aliphatic heterocycles. The van der Waals surface area contributed by atoms with Gasteiger partial charge in [-0.25, -0.2) is 23.1 Å². The molecule has 0 aliphatic carbocycles. The van der Waals surface area contributed by atoms with Gasteiger partial charge in [-0.05, 0) is 61.0 Å². The second-order valence-corrected chi connectivity index (χ2v) is 6.75. The molecule has 0 bridgehead atoms. The highest BCUT2D eigenvalue weighted by Crippen LogP contribution is 2.31. The van der Waals surface area contributed by atoms with Gasteiger partial charge in [-0.2, -0.15) is 5.10 Å². The fraction of sp³-hybridized carbons (Fsp3) is 0.0952. The van der Waals surface area contributed by atoms with Gasteiger partial charge in [0.25, 0.3) is 6.43 Å². The zero-order chi connectivity index (χ0) is 20.1. The lowest BCUT2D eigenvalue weighted by Gasteiger charge is -2.11. The minimum Gasteiger partial charge on any atom is -0.278 e. The highest BCUT2D eigenvalue weighted by molar-refractivity contribution is 5.86. The Morgan fingerprint density at radius 3 is 2.55 bits per heavy atom. The largest absolute Gasteiger partial charge is 0.280 e. The molecule has 8 heteroatoms. The van der Waals surface area contributed by atoms with Gasteiger partial charge in [-0.3, -0.25) is 9.67 Å². The number of H-pyrrole nitrogens is 1. The molecule has 0 spiro atoms. The number of imidazole rings is 1. The number of aryl methyl sites for hydroxylation is 1. The SMILES string of the molecule is Cc1cc(-n2c(-c3ccc(F)cc3)nc3ccc(C(F)F)nc32)cc2cn[nH]c12. The highest BCUT2D eigenvalue weighted by Gasteiger charge is 2.19. The fourth-order valence-electron chi connectivity index (χ4n) is 3.48. The molecular formula is C21H14F3N5. The summed E-state index contributed by atoms with van der Waals surface area (Å²) in [6, 6.07) is 12.5. The van der Waals surface area contributed by atoms with Crippen LogP contribution in [0.2, 0.25) is 0 Å². The maximum absolute atomic E-state index is 13.4. The van der Waals surface area contributed by atoms with E-state index in [0.29, 0.717) is 28.2 Å². The quantitative estimate of drug-likeness (QED) is 0.450. The predicted octanol–water partition coefficient (Wildman–Crippen LogP) is 5.35. The van der Waals surface area contributed by atoms with Crippen molar-refractivity contribution in [3.63, 3.8) is 0 Å². The van der Waals surface area contributed by atoms with Crippen molar-refractivity contribution in [1.82, 2.24) is 24.7 Å². The van der Waals surface area contributed by atoms with Gasteiger partial charge < -0.3 is 0 Å². The van der Waals surface area contributed by atoms with Crippen LogP contribution in [0.1, 0.15) is 17.7 Å². The molecular weight excluding hydrogens is 379 g/mol. The minimum atomic E-state index is -2.70. The number of hydrogen-bond donors (Lipinski definition) is 1. The Balaban J connectivity index is 1.85. The average Bonchev–Trinajstić information content (AvgIpc) is 3.32. The maximum Gasteiger partial charge on any atom is 0.280 e. The Morgan fingerprint density at radius 2 is 1.79 bits per heavy atom. The summed E-state index contributed by atoms with van der Waals surface area (Å²) in [6.45, 7) is 1.93. The lowest BCUT2D eigenvalue weighted by molar-refractivity contribution is 0.146. The van der Waals surface area contributed by atoms with Crippen molar-refractivity contribution in [3.05, 3.63) is 71.8 Å². The molecule has 0 saturated heterocycles. The van der Waals surface area contributed by atoms with Crippen LogP contribution in [0.5, 0.6) is 0 Å². The molecule has 5 nitrogen and oxygen atoms in total. The number of nitrogens with one attached hydrogen (secondary N) is 1. The molecule has 0 amide bonds. The number of halogens is 3. The van der Waals surface area contributed by atoms with Crippen LogP contribution in [-0.2, 0) is 0 Å². The number of rotatable bonds is 3. The molecule has 0 aliphatic rings. The molecule has 1 N–H and O–H groups in total. The van der Waals surface area contributed by atoms with Gasteiger partial charge in [-0.15, -0.1) is 0 Å². The third-order valence-corrected chi connectivity index (χ3v) is 4.84. The first-order valence-corrected chi connectivity index (χ1v) is 8.89. The molecule has 2 aromatic carbocycles. The van der Waals surface area contributed by atoms with E-state index in [-0.39, 0.29) is 11.5 Å². The van der Waals surface area contributed by atoms with E-state index >= 15 is 0 Å². The number of benzene rings is 2. The van der Waals surface area contributed by atoms with Gasteiger partial charge in [0.1, 0.15) is 22.9 Å². The summed E-state index contributed by atoms with van der Waals surface area (Å²) < 4.78 is 41.7. The van der Waals surface area contributed by atoms with Crippen molar-refractivity contribution in [1.29, 1.82) is 0 Å². The summed E-state index contributed by atoms with van der Waals surface area (Å²) in [7, 11) is 0. The van der Waals surface area contributed by atoms with Gasteiger partial charge in [0, 0.05) is 10.9 Å². The summed E-state index contributed by atoms with van der Waals surface area (Å²) in [4.78, 5) is 8.76. The number of fused-ring (bicyclic) bond motifs is 2. The van der Waals surface area contributed by atoms with Crippen LogP contribution in [0.25, 0.3) is 39.1 Å². The van der Waals surface area contributed by atoms with Crippen LogP contribution in [-0.4, -0.2) is 24.7 Å². The van der Waals surface area contributed by atoms with E-state index in [1.54, 1.807) is 22.9 Å². The van der Waals surface area contributed by atoms with Gasteiger partial charge in [0.05, 0.1) is 17.4 Å². The fourth-order valence-corrected chi connectivity index (χ4v) is 3.48. The molecule has 5 rings (SSSR count). The van der Waals surface area contributed by atoms with E-state index in [4.69, 9.17) is 0 Å². The summed E-state index contributed by atoms with van der Waals surface area (Å²) in [5.41, 5.74) is 3.63. The second kappa shape index (κ2) is 6.44. The van der Waals surface area contributed by atoms with Crippen molar-refractivity contribution in [2.45, 2.75) is 13.3 Å². The Kier molecular flexibility index (Phi) is 3.87. The topological polar surface area (TPSA) is 59.4 Å². The highest BCUT2D eigenvalue weighted by atomic mass is 19.3. The number of pyridine rings is 1. The van der Waals surface area contributed by atoms with Crippen molar-refractivity contribution >= 4 is 22.1 Å². The number of alkyl halides is 2. The van der Waals surface area contributed by atoms with Crippen LogP contribution in [0, 0.1) is 12.7 Å². The van der Waals surface area contributed by atoms with E-state index < -0.39 is 6.43 Å². The zero-order valence-electron chi connectivity index (χ0n) is 15.2. The average molecular weight is 393 g/mol. The van der Waals surface area contributed by atoms with Crippen LogP contribution in [0.3, 0.4) is 0 Å². The van der Waals surface area contributed by atoms with Crippen molar-refractivity contribution in [2.24, 2.45) is 0 Å². The standard InChI is InChI=1S/C21H14F3N5/c1-11-8-15(9-13-10-25-28-18(11)13)29-20(12-2-4-14(22)5-3-12)27-17-7-6-16(19(23)24)26-21(17)29/h2-10,19H,1H3,(H,25,28). The lowest BCUT2D eigenvalue weighted by atomic mass is 10.1. The smallest absolute Gasteiger partial charge is 0.278 e. The van der Waals surface area contributed by atoms with Gasteiger partial charge in [0.15, 0.2) is 5.65 Å². The van der Waals surface area contributed by atoms with E-state index in [0.717, 1.165) is 16.5 Å². The Labute approximate surface area is 162 Å². The minimum absolute atomic E-state index is 0.310. The molecule has 0 fully saturated rings. The normalized spacial score (nSPS) is 11.8. The first kappa shape index (κ1) is 17.4. The third-order valence-electron chi connectivity index (χ3n) is 4.84. The van der Waals surface area contributed by atoms with Crippen LogP contribution >= 0.6 is 0 Å². The number of aromatic nitrogens is 5. The molecule has 0 unspecified atom stereocenters. The molecule has 29 heavy (non-hydrogen) atoms. The number of hydrogen-bond acceptors (Lipinski definition) is 3. The van der Waals surface area contributed by atoms with Crippen molar-refractivity contribution < 1.29 is 13.2 Å². The Hall–Kier alpha value is -3.68. The molecule has 5 aromatic rings. The van der Waals surface area contributed by atoms with E-state index in [2.05, 4.69) is 20.2 Å². The first-order chi connectivity index (χ1) is 14.0. The molecule has 0 atom stereocenters. The van der Waals surface area contributed by atoms with Gasteiger partial charge in [-0.1, -0.05) is 0 Å². The first-order valence-electron chi connectivity index (χ1n) is 8.89. The van der Waals surface area contributed by atoms with Crippen LogP contribution < -0.4 is 0 Å². The number of aromatic amines is 1. The molecule has 144 valence electrons. The predicted molar refractivity (Wildman–Crippen MR) is 104 cm³/mol. The number of nitrogens with zero attached hydrogens (tertiary/aromatic N) is 4. The second-order valence-electron chi connectivity index (χ2n) is 6.75. The summed E-state index contributed by atoms with van der Waals surface area (Å²) in [5.74, 6) is 0.117. The molecule has 3 aromatic heterocycles. The molecule has 0 radical (unpaired) electrons.